The smallest absolute Gasteiger partial charge is 0.243 e. The number of nitrogens with zero attached hydrogens (tertiary/aromatic N) is 1. The molecule has 0 aromatic carbocycles. The summed E-state index contributed by atoms with van der Waals surface area (Å²) in [6, 6.07) is -0.0999. The van der Waals surface area contributed by atoms with Gasteiger partial charge in [0, 0.05) is 25.6 Å². The predicted molar refractivity (Wildman–Crippen MR) is 73.6 cm³/mol. The van der Waals surface area contributed by atoms with Crippen LogP contribution in [-0.4, -0.2) is 48.4 Å². The van der Waals surface area contributed by atoms with E-state index in [1.54, 1.807) is 4.90 Å². The lowest BCUT2D eigenvalue weighted by Crippen LogP contribution is -2.55. The van der Waals surface area contributed by atoms with Crippen molar-refractivity contribution < 1.29 is 9.59 Å². The fourth-order valence-electron chi connectivity index (χ4n) is 3.03. The molecule has 2 rings (SSSR count). The lowest BCUT2D eigenvalue weighted by molar-refractivity contribution is -0.139. The summed E-state index contributed by atoms with van der Waals surface area (Å²) in [6.07, 6.45) is 3.58. The van der Waals surface area contributed by atoms with Gasteiger partial charge < -0.3 is 15.5 Å². The van der Waals surface area contributed by atoms with Gasteiger partial charge in [-0.05, 0) is 31.7 Å². The van der Waals surface area contributed by atoms with E-state index in [2.05, 4.69) is 10.6 Å². The van der Waals surface area contributed by atoms with Crippen LogP contribution in [0.2, 0.25) is 0 Å². The van der Waals surface area contributed by atoms with Crippen LogP contribution in [0.25, 0.3) is 0 Å². The van der Waals surface area contributed by atoms with Gasteiger partial charge in [-0.2, -0.15) is 0 Å². The molecule has 0 bridgehead atoms. The highest BCUT2D eigenvalue weighted by Crippen LogP contribution is 2.19. The molecule has 2 atom stereocenters. The molecule has 2 heterocycles. The minimum Gasteiger partial charge on any atom is -0.350 e. The zero-order valence-electron chi connectivity index (χ0n) is 11.9. The van der Waals surface area contributed by atoms with Crippen LogP contribution in [0, 0.1) is 5.92 Å². The number of likely N-dealkylation sites (tertiary alicyclic amines) is 1. The summed E-state index contributed by atoms with van der Waals surface area (Å²) in [5, 5.41) is 6.39. The first kappa shape index (κ1) is 14.3. The number of carbonyl (C=O) groups is 2. The second-order valence-corrected chi connectivity index (χ2v) is 5.93. The molecule has 2 aliphatic rings. The number of nitrogens with one attached hydrogen (secondary N) is 2. The van der Waals surface area contributed by atoms with E-state index in [0.29, 0.717) is 6.42 Å². The fourth-order valence-corrected chi connectivity index (χ4v) is 3.03. The molecule has 108 valence electrons. The Balaban J connectivity index is 1.97. The van der Waals surface area contributed by atoms with Gasteiger partial charge in [0.1, 0.15) is 6.04 Å². The molecule has 5 heteroatoms. The van der Waals surface area contributed by atoms with Gasteiger partial charge in [-0.25, -0.2) is 0 Å². The quantitative estimate of drug-likeness (QED) is 0.780. The Labute approximate surface area is 115 Å². The molecule has 2 N–H and O–H groups in total. The Morgan fingerprint density at radius 1 is 1.42 bits per heavy atom. The van der Waals surface area contributed by atoms with Crippen LogP contribution in [0.1, 0.15) is 39.5 Å². The van der Waals surface area contributed by atoms with Gasteiger partial charge in [0.05, 0.1) is 0 Å². The Kier molecular flexibility index (Phi) is 4.80. The lowest BCUT2D eigenvalue weighted by Gasteiger charge is -2.32. The standard InChI is InChI=1S/C14H25N3O2/c1-10(2)13(17-8-4-6-12(17)18)14(19)16-11-5-3-7-15-9-11/h10-11,13,15H,3-9H2,1-2H3,(H,16,19)/t11-,13?/m0/s1. The average Bonchev–Trinajstić information content (AvgIpc) is 2.77. The van der Waals surface area contributed by atoms with Gasteiger partial charge in [-0.15, -0.1) is 0 Å². The number of amides is 2. The van der Waals surface area contributed by atoms with Crippen molar-refractivity contribution in [2.75, 3.05) is 19.6 Å². The Morgan fingerprint density at radius 3 is 2.74 bits per heavy atom. The normalized spacial score (nSPS) is 25.7. The first-order chi connectivity index (χ1) is 9.09. The highest BCUT2D eigenvalue weighted by Gasteiger charge is 2.35. The van der Waals surface area contributed by atoms with Gasteiger partial charge >= 0.3 is 0 Å². The molecule has 2 saturated heterocycles. The van der Waals surface area contributed by atoms with Crippen molar-refractivity contribution in [1.82, 2.24) is 15.5 Å². The highest BCUT2D eigenvalue weighted by atomic mass is 16.2. The molecule has 0 aromatic heterocycles. The van der Waals surface area contributed by atoms with Gasteiger partial charge in [0.25, 0.3) is 0 Å². The summed E-state index contributed by atoms with van der Waals surface area (Å²) in [6.45, 7) is 6.61. The summed E-state index contributed by atoms with van der Waals surface area (Å²) < 4.78 is 0. The van der Waals surface area contributed by atoms with Crippen LogP contribution in [0.5, 0.6) is 0 Å². The van der Waals surface area contributed by atoms with Crippen molar-refractivity contribution in [2.24, 2.45) is 5.92 Å². The SMILES string of the molecule is CC(C)C(C(=O)N[C@H]1CCCNC1)N1CCCC1=O. The van der Waals surface area contributed by atoms with E-state index in [1.807, 2.05) is 13.8 Å². The van der Waals surface area contributed by atoms with Crippen molar-refractivity contribution in [3.8, 4) is 0 Å². The van der Waals surface area contributed by atoms with Crippen LogP contribution in [-0.2, 0) is 9.59 Å². The van der Waals surface area contributed by atoms with Crippen molar-refractivity contribution in [2.45, 2.75) is 51.6 Å². The lowest BCUT2D eigenvalue weighted by atomic mass is 10.0. The van der Waals surface area contributed by atoms with Gasteiger partial charge in [0.2, 0.25) is 11.8 Å². The molecule has 2 amide bonds. The Hall–Kier alpha value is -1.10. The largest absolute Gasteiger partial charge is 0.350 e. The second kappa shape index (κ2) is 6.37. The minimum atomic E-state index is -0.308. The van der Waals surface area contributed by atoms with E-state index in [9.17, 15) is 9.59 Å². The van der Waals surface area contributed by atoms with E-state index < -0.39 is 0 Å². The molecular weight excluding hydrogens is 242 g/mol. The van der Waals surface area contributed by atoms with Crippen LogP contribution >= 0.6 is 0 Å². The molecular formula is C14H25N3O2. The maximum Gasteiger partial charge on any atom is 0.243 e. The van der Waals surface area contributed by atoms with E-state index >= 15 is 0 Å². The van der Waals surface area contributed by atoms with Gasteiger partial charge in [-0.3, -0.25) is 9.59 Å². The summed E-state index contributed by atoms with van der Waals surface area (Å²) in [7, 11) is 0. The Morgan fingerprint density at radius 2 is 2.21 bits per heavy atom. The number of hydrogen-bond acceptors (Lipinski definition) is 3. The summed E-state index contributed by atoms with van der Waals surface area (Å²) in [4.78, 5) is 26.1. The molecule has 0 aliphatic carbocycles. The van der Waals surface area contributed by atoms with Crippen LogP contribution in [0.4, 0.5) is 0 Å². The highest BCUT2D eigenvalue weighted by molar-refractivity contribution is 5.89. The zero-order chi connectivity index (χ0) is 13.8. The third-order valence-corrected chi connectivity index (χ3v) is 3.99. The van der Waals surface area contributed by atoms with Crippen LogP contribution < -0.4 is 10.6 Å². The van der Waals surface area contributed by atoms with Gasteiger partial charge in [0.15, 0.2) is 0 Å². The molecule has 0 saturated carbocycles. The van der Waals surface area contributed by atoms with Crippen molar-refractivity contribution >= 4 is 11.8 Å². The van der Waals surface area contributed by atoms with Crippen molar-refractivity contribution in [3.05, 3.63) is 0 Å². The van der Waals surface area contributed by atoms with Crippen LogP contribution in [0.3, 0.4) is 0 Å². The molecule has 5 nitrogen and oxygen atoms in total. The fraction of sp³-hybridized carbons (Fsp3) is 0.857. The summed E-state index contributed by atoms with van der Waals surface area (Å²) in [5.41, 5.74) is 0. The Bertz CT molecular complexity index is 338. The van der Waals surface area contributed by atoms with Crippen molar-refractivity contribution in [3.63, 3.8) is 0 Å². The first-order valence-corrected chi connectivity index (χ1v) is 7.40. The van der Waals surface area contributed by atoms with Crippen LogP contribution in [0.15, 0.2) is 0 Å². The van der Waals surface area contributed by atoms with Crippen molar-refractivity contribution in [1.29, 1.82) is 0 Å². The average molecular weight is 267 g/mol. The third-order valence-electron chi connectivity index (χ3n) is 3.99. The molecule has 0 spiro atoms. The predicted octanol–water partition coefficient (Wildman–Crippen LogP) is 0.502. The second-order valence-electron chi connectivity index (χ2n) is 5.93. The summed E-state index contributed by atoms with van der Waals surface area (Å²) >= 11 is 0. The monoisotopic (exact) mass is 267 g/mol. The maximum absolute atomic E-state index is 12.5. The number of carbonyl (C=O) groups excluding carboxylic acids is 2. The topological polar surface area (TPSA) is 61.4 Å². The molecule has 0 radical (unpaired) electrons. The number of hydrogen-bond donors (Lipinski definition) is 2. The zero-order valence-corrected chi connectivity index (χ0v) is 11.9. The van der Waals surface area contributed by atoms with E-state index in [-0.39, 0.29) is 29.8 Å². The maximum atomic E-state index is 12.5. The van der Waals surface area contributed by atoms with E-state index in [1.165, 1.54) is 0 Å². The van der Waals surface area contributed by atoms with Gasteiger partial charge in [-0.1, -0.05) is 13.8 Å². The molecule has 2 fully saturated rings. The molecule has 2 aliphatic heterocycles. The molecule has 0 aromatic rings. The molecule has 19 heavy (non-hydrogen) atoms. The third kappa shape index (κ3) is 3.47. The van der Waals surface area contributed by atoms with E-state index in [0.717, 1.165) is 38.9 Å². The molecule has 1 unspecified atom stereocenters. The van der Waals surface area contributed by atoms with E-state index in [4.69, 9.17) is 0 Å². The number of rotatable bonds is 4. The first-order valence-electron chi connectivity index (χ1n) is 7.40. The minimum absolute atomic E-state index is 0.0129. The number of piperidine rings is 1. The summed E-state index contributed by atoms with van der Waals surface area (Å²) in [5.74, 6) is 0.285.